The van der Waals surface area contributed by atoms with E-state index in [-0.39, 0.29) is 17.2 Å². The van der Waals surface area contributed by atoms with Gasteiger partial charge in [0.25, 0.3) is 0 Å². The number of unbranched alkanes of at least 4 members (excludes halogenated alkanes) is 1. The van der Waals surface area contributed by atoms with Gasteiger partial charge in [0.05, 0.1) is 0 Å². The Morgan fingerprint density at radius 2 is 1.56 bits per heavy atom. The van der Waals surface area contributed by atoms with E-state index in [2.05, 4.69) is 23.3 Å². The summed E-state index contributed by atoms with van der Waals surface area (Å²) in [6, 6.07) is 21.9. The molecule has 1 amide bonds. The molecule has 0 unspecified atom stereocenters. The predicted molar refractivity (Wildman–Crippen MR) is 143 cm³/mol. The van der Waals surface area contributed by atoms with Crippen LogP contribution in [0.2, 0.25) is 0 Å². The molecule has 0 heterocycles. The molecule has 184 valence electrons. The van der Waals surface area contributed by atoms with Gasteiger partial charge in [-0.25, -0.2) is 4.79 Å². The van der Waals surface area contributed by atoms with E-state index >= 15 is 0 Å². The van der Waals surface area contributed by atoms with E-state index in [1.165, 1.54) is 12.1 Å². The number of para-hydroxylation sites is 1. The average Bonchev–Trinajstić information content (AvgIpc) is 2.90. The number of carbonyl (C=O) groups excluding carboxylic acids is 1. The molecule has 6 nitrogen and oxygen atoms in total. The monoisotopic (exact) mass is 482 g/mol. The fourth-order valence-corrected chi connectivity index (χ4v) is 3.52. The van der Waals surface area contributed by atoms with Crippen molar-refractivity contribution in [1.29, 1.82) is 0 Å². The van der Waals surface area contributed by atoms with Crippen LogP contribution in [0.4, 0.5) is 5.69 Å². The number of carboxylic acids is 1. The van der Waals surface area contributed by atoms with Crippen LogP contribution in [0.15, 0.2) is 85.5 Å². The number of aromatic carboxylic acids is 1. The molecule has 0 atom stereocenters. The smallest absolute Gasteiger partial charge is 0.339 e. The number of rotatable bonds is 10. The van der Waals surface area contributed by atoms with Crippen molar-refractivity contribution in [3.63, 3.8) is 0 Å². The number of carboxylic acid groups (broad SMARTS) is 1. The summed E-state index contributed by atoms with van der Waals surface area (Å²) in [5, 5.41) is 9.62. The van der Waals surface area contributed by atoms with Gasteiger partial charge in [-0.3, -0.25) is 4.79 Å². The highest BCUT2D eigenvalue weighted by molar-refractivity contribution is 5.91. The van der Waals surface area contributed by atoms with E-state index in [1.54, 1.807) is 36.2 Å². The van der Waals surface area contributed by atoms with Gasteiger partial charge in [-0.05, 0) is 73.5 Å². The predicted octanol–water partition coefficient (Wildman–Crippen LogP) is 5.44. The minimum atomic E-state index is -1.07. The fourth-order valence-electron chi connectivity index (χ4n) is 3.52. The Hall–Kier alpha value is -4.50. The molecular weight excluding hydrogens is 452 g/mol. The van der Waals surface area contributed by atoms with Gasteiger partial charge < -0.3 is 19.6 Å². The van der Waals surface area contributed by atoms with Crippen molar-refractivity contribution >= 4 is 17.6 Å². The maximum Gasteiger partial charge on any atom is 0.339 e. The Bertz CT molecular complexity index is 1260. The summed E-state index contributed by atoms with van der Waals surface area (Å²) in [4.78, 5) is 27.1. The van der Waals surface area contributed by atoms with Crippen LogP contribution in [-0.2, 0) is 4.79 Å². The standard InChI is InChI=1S/C30H30N2O4/c1-4-29(33)32(3)21-9-8-20-31(2)25-17-14-23(15-18-25)12-13-24-16-19-28(27(22-24)30(34)35)36-26-10-6-5-7-11-26/h4-7,10-11,14-19,22H,1,8-9,20-21H2,2-3H3,(H,34,35). The van der Waals surface area contributed by atoms with E-state index in [0.29, 0.717) is 17.9 Å². The van der Waals surface area contributed by atoms with E-state index in [0.717, 1.165) is 30.6 Å². The number of hydrogen-bond donors (Lipinski definition) is 1. The molecular formula is C30H30N2O4. The molecule has 0 aromatic heterocycles. The van der Waals surface area contributed by atoms with Gasteiger partial charge in [0.2, 0.25) is 5.91 Å². The zero-order valence-electron chi connectivity index (χ0n) is 20.6. The van der Waals surface area contributed by atoms with Crippen LogP contribution in [0.25, 0.3) is 0 Å². The summed E-state index contributed by atoms with van der Waals surface area (Å²) in [7, 11) is 3.81. The molecule has 0 fully saturated rings. The first kappa shape index (κ1) is 26.1. The van der Waals surface area contributed by atoms with Crippen molar-refractivity contribution in [2.24, 2.45) is 0 Å². The second-order valence-electron chi connectivity index (χ2n) is 8.32. The molecule has 0 saturated heterocycles. The highest BCUT2D eigenvalue weighted by atomic mass is 16.5. The van der Waals surface area contributed by atoms with Crippen LogP contribution in [0.1, 0.15) is 34.3 Å². The zero-order chi connectivity index (χ0) is 25.9. The van der Waals surface area contributed by atoms with Gasteiger partial charge in [-0.15, -0.1) is 0 Å². The third-order valence-electron chi connectivity index (χ3n) is 5.63. The third-order valence-corrected chi connectivity index (χ3v) is 5.63. The molecule has 3 aromatic carbocycles. The highest BCUT2D eigenvalue weighted by Gasteiger charge is 2.13. The summed E-state index contributed by atoms with van der Waals surface area (Å²) < 4.78 is 5.73. The minimum Gasteiger partial charge on any atom is -0.478 e. The molecule has 0 aliphatic carbocycles. The fraction of sp³-hybridized carbons (Fsp3) is 0.200. The Balaban J connectivity index is 1.60. The van der Waals surface area contributed by atoms with E-state index in [4.69, 9.17) is 4.74 Å². The van der Waals surface area contributed by atoms with Gasteiger partial charge in [0.15, 0.2) is 0 Å². The number of benzene rings is 3. The topological polar surface area (TPSA) is 70.1 Å². The molecule has 1 N–H and O–H groups in total. The lowest BCUT2D eigenvalue weighted by Crippen LogP contribution is -2.26. The van der Waals surface area contributed by atoms with Crippen molar-refractivity contribution in [3.8, 4) is 23.3 Å². The first-order chi connectivity index (χ1) is 17.4. The molecule has 0 saturated carbocycles. The molecule has 0 aliphatic heterocycles. The number of anilines is 1. The summed E-state index contributed by atoms with van der Waals surface area (Å²) in [6.07, 6.45) is 3.21. The maximum absolute atomic E-state index is 11.8. The highest BCUT2D eigenvalue weighted by Crippen LogP contribution is 2.26. The molecule has 0 aliphatic rings. The van der Waals surface area contributed by atoms with Crippen LogP contribution in [0.5, 0.6) is 11.5 Å². The molecule has 0 radical (unpaired) electrons. The van der Waals surface area contributed by atoms with Crippen molar-refractivity contribution in [1.82, 2.24) is 4.90 Å². The lowest BCUT2D eigenvalue weighted by atomic mass is 10.1. The number of amides is 1. The third kappa shape index (κ3) is 7.51. The Morgan fingerprint density at radius 1 is 0.917 bits per heavy atom. The first-order valence-electron chi connectivity index (χ1n) is 11.7. The second kappa shape index (κ2) is 12.8. The van der Waals surface area contributed by atoms with Crippen molar-refractivity contribution < 1.29 is 19.4 Å². The summed E-state index contributed by atoms with van der Waals surface area (Å²) in [6.45, 7) is 5.08. The number of hydrogen-bond acceptors (Lipinski definition) is 4. The van der Waals surface area contributed by atoms with Crippen LogP contribution in [0, 0.1) is 11.8 Å². The van der Waals surface area contributed by atoms with E-state index in [9.17, 15) is 14.7 Å². The van der Waals surface area contributed by atoms with Crippen molar-refractivity contribution in [2.45, 2.75) is 12.8 Å². The number of likely N-dealkylation sites (N-methyl/N-ethyl adjacent to an activating group) is 1. The average molecular weight is 483 g/mol. The molecule has 3 aromatic rings. The summed E-state index contributed by atoms with van der Waals surface area (Å²) in [5.41, 5.74) is 2.56. The molecule has 36 heavy (non-hydrogen) atoms. The van der Waals surface area contributed by atoms with Crippen LogP contribution >= 0.6 is 0 Å². The first-order valence-corrected chi connectivity index (χ1v) is 11.7. The quantitative estimate of drug-likeness (QED) is 0.237. The molecule has 0 spiro atoms. The van der Waals surface area contributed by atoms with Crippen LogP contribution < -0.4 is 9.64 Å². The summed E-state index contributed by atoms with van der Waals surface area (Å²) >= 11 is 0. The minimum absolute atomic E-state index is 0.0580. The van der Waals surface area contributed by atoms with Crippen LogP contribution in [-0.4, -0.2) is 49.1 Å². The van der Waals surface area contributed by atoms with Crippen molar-refractivity contribution in [3.05, 3.63) is 102 Å². The number of nitrogens with zero attached hydrogens (tertiary/aromatic N) is 2. The Labute approximate surface area is 212 Å². The number of ether oxygens (including phenoxy) is 1. The normalized spacial score (nSPS) is 10.1. The zero-order valence-corrected chi connectivity index (χ0v) is 20.6. The van der Waals surface area contributed by atoms with Gasteiger partial charge in [0, 0.05) is 44.0 Å². The molecule has 3 rings (SSSR count). The maximum atomic E-state index is 11.8. The van der Waals surface area contributed by atoms with Gasteiger partial charge in [-0.2, -0.15) is 0 Å². The van der Waals surface area contributed by atoms with Gasteiger partial charge in [-0.1, -0.05) is 36.6 Å². The Kier molecular flexibility index (Phi) is 9.30. The van der Waals surface area contributed by atoms with Gasteiger partial charge in [0.1, 0.15) is 17.1 Å². The lowest BCUT2D eigenvalue weighted by Gasteiger charge is -2.20. The van der Waals surface area contributed by atoms with Crippen molar-refractivity contribution in [2.75, 3.05) is 32.1 Å². The SMILES string of the molecule is C=CC(=O)N(C)CCCCN(C)c1ccc(C#Cc2ccc(Oc3ccccc3)c(C(=O)O)c2)cc1. The lowest BCUT2D eigenvalue weighted by molar-refractivity contribution is -0.124. The van der Waals surface area contributed by atoms with E-state index < -0.39 is 5.97 Å². The number of carbonyl (C=O) groups is 2. The second-order valence-corrected chi connectivity index (χ2v) is 8.32. The Morgan fingerprint density at radius 3 is 2.22 bits per heavy atom. The molecule has 0 bridgehead atoms. The van der Waals surface area contributed by atoms with E-state index in [1.807, 2.05) is 49.5 Å². The molecule has 6 heteroatoms. The van der Waals surface area contributed by atoms with Gasteiger partial charge >= 0.3 is 5.97 Å². The largest absolute Gasteiger partial charge is 0.478 e. The summed E-state index contributed by atoms with van der Waals surface area (Å²) in [5.74, 6) is 5.84. The van der Waals surface area contributed by atoms with Crippen LogP contribution in [0.3, 0.4) is 0 Å².